The zero-order chi connectivity index (χ0) is 24.7. The van der Waals surface area contributed by atoms with E-state index in [0.29, 0.717) is 42.3 Å². The van der Waals surface area contributed by atoms with Gasteiger partial charge < -0.3 is 30.1 Å². The molecule has 0 unspecified atom stereocenters. The number of anilines is 4. The van der Waals surface area contributed by atoms with Crippen LogP contribution in [0.4, 0.5) is 28.1 Å². The fraction of sp³-hybridized carbons (Fsp3) is 0.417. The summed E-state index contributed by atoms with van der Waals surface area (Å²) in [6.07, 6.45) is 5.52. The van der Waals surface area contributed by atoms with Crippen LogP contribution in [-0.2, 0) is 4.74 Å². The van der Waals surface area contributed by atoms with Gasteiger partial charge >= 0.3 is 6.03 Å². The van der Waals surface area contributed by atoms with Crippen molar-refractivity contribution in [1.82, 2.24) is 29.8 Å². The zero-order valence-corrected chi connectivity index (χ0v) is 20.3. The lowest BCUT2D eigenvalue weighted by Crippen LogP contribution is -2.38. The van der Waals surface area contributed by atoms with Crippen LogP contribution in [-0.4, -0.2) is 95.4 Å². The van der Waals surface area contributed by atoms with Crippen molar-refractivity contribution in [2.45, 2.75) is 6.42 Å². The molecule has 3 aromatic rings. The molecule has 0 radical (unpaired) electrons. The van der Waals surface area contributed by atoms with Gasteiger partial charge in [0.05, 0.1) is 31.3 Å². The average Bonchev–Trinajstić information content (AvgIpc) is 3.14. The largest absolute Gasteiger partial charge is 0.378 e. The second-order valence-corrected chi connectivity index (χ2v) is 8.79. The first-order valence-corrected chi connectivity index (χ1v) is 12.1. The number of aromatic nitrogens is 5. The molecule has 4 heterocycles. The Morgan fingerprint density at radius 3 is 2.19 bits per heavy atom. The molecule has 2 fully saturated rings. The predicted octanol–water partition coefficient (Wildman–Crippen LogP) is 1.95. The first kappa shape index (κ1) is 23.8. The molecule has 1 aromatic carbocycles. The zero-order valence-electron chi connectivity index (χ0n) is 20.3. The van der Waals surface area contributed by atoms with Crippen LogP contribution in [0, 0.1) is 0 Å². The fourth-order valence-electron chi connectivity index (χ4n) is 4.14. The van der Waals surface area contributed by atoms with Gasteiger partial charge in [-0.2, -0.15) is 15.0 Å². The Morgan fingerprint density at radius 2 is 1.47 bits per heavy atom. The van der Waals surface area contributed by atoms with E-state index in [-0.39, 0.29) is 6.03 Å². The van der Waals surface area contributed by atoms with Crippen LogP contribution in [0.2, 0.25) is 0 Å². The number of hydrogen-bond donors (Lipinski definition) is 2. The second kappa shape index (κ2) is 11.2. The lowest BCUT2D eigenvalue weighted by molar-refractivity contribution is 0.122. The molecular formula is C24H30N10O2. The van der Waals surface area contributed by atoms with Crippen molar-refractivity contribution >= 4 is 29.3 Å². The summed E-state index contributed by atoms with van der Waals surface area (Å²) in [5, 5.41) is 5.51. The molecule has 0 bridgehead atoms. The summed E-state index contributed by atoms with van der Waals surface area (Å²) >= 11 is 0. The number of nitrogens with one attached hydrogen (secondary N) is 2. The number of carbonyl (C=O) groups is 1. The van der Waals surface area contributed by atoms with Gasteiger partial charge in [-0.05, 0) is 44.3 Å². The number of likely N-dealkylation sites (N-methyl/N-ethyl adjacent to an activating group) is 1. The molecule has 12 heteroatoms. The third-order valence-corrected chi connectivity index (χ3v) is 6.13. The van der Waals surface area contributed by atoms with Crippen LogP contribution >= 0.6 is 0 Å². The molecule has 188 valence electrons. The highest BCUT2D eigenvalue weighted by Gasteiger charge is 2.21. The lowest BCUT2D eigenvalue weighted by atomic mass is 10.2. The van der Waals surface area contributed by atoms with Crippen molar-refractivity contribution in [2.75, 3.05) is 80.0 Å². The number of hydrogen-bond acceptors (Lipinski definition) is 10. The van der Waals surface area contributed by atoms with Gasteiger partial charge in [0, 0.05) is 44.0 Å². The Balaban J connectivity index is 1.36. The number of benzene rings is 1. The van der Waals surface area contributed by atoms with Crippen LogP contribution in [0.3, 0.4) is 0 Å². The number of amides is 2. The molecule has 0 spiro atoms. The number of rotatable bonds is 5. The third kappa shape index (κ3) is 6.01. The van der Waals surface area contributed by atoms with E-state index in [4.69, 9.17) is 19.7 Å². The first-order valence-electron chi connectivity index (χ1n) is 12.1. The number of morpholine rings is 1. The Hall–Kier alpha value is -3.90. The molecule has 2 N–H and O–H groups in total. The third-order valence-electron chi connectivity index (χ3n) is 6.13. The van der Waals surface area contributed by atoms with Gasteiger partial charge in [0.25, 0.3) is 0 Å². The maximum atomic E-state index is 12.3. The van der Waals surface area contributed by atoms with E-state index in [2.05, 4.69) is 42.3 Å². The maximum Gasteiger partial charge on any atom is 0.323 e. The smallest absolute Gasteiger partial charge is 0.323 e. The highest BCUT2D eigenvalue weighted by atomic mass is 16.5. The van der Waals surface area contributed by atoms with Gasteiger partial charge in [-0.3, -0.25) is 0 Å². The minimum atomic E-state index is -0.374. The van der Waals surface area contributed by atoms with Gasteiger partial charge in [-0.1, -0.05) is 0 Å². The molecule has 0 atom stereocenters. The molecule has 2 amide bonds. The Kier molecular flexibility index (Phi) is 7.43. The summed E-state index contributed by atoms with van der Waals surface area (Å²) in [7, 11) is 2.14. The van der Waals surface area contributed by atoms with E-state index in [1.165, 1.54) is 18.7 Å². The minimum absolute atomic E-state index is 0.374. The van der Waals surface area contributed by atoms with E-state index in [0.717, 1.165) is 51.3 Å². The number of carbonyl (C=O) groups excluding carboxylic acids is 1. The molecule has 0 aliphatic carbocycles. The summed E-state index contributed by atoms with van der Waals surface area (Å²) in [4.78, 5) is 41.3. The molecule has 2 aliphatic heterocycles. The van der Waals surface area contributed by atoms with E-state index < -0.39 is 0 Å². The standard InChI is InChI=1S/C24H30N10O2/c1-32-7-2-8-33(10-9-32)22-29-21(30-23(31-22)34-11-13-36-14-12-34)18-3-5-19(6-4-18)27-24(35)28-20-15-25-17-26-16-20/h3-6,15-17H,2,7-14H2,1H3,(H2,27,28,35). The quantitative estimate of drug-likeness (QED) is 0.548. The molecule has 2 saturated heterocycles. The SMILES string of the molecule is CN1CCCN(c2nc(-c3ccc(NC(=O)Nc4cncnc4)cc3)nc(N3CCOCC3)n2)CC1. The lowest BCUT2D eigenvalue weighted by Gasteiger charge is -2.28. The van der Waals surface area contributed by atoms with Crippen LogP contribution in [0.15, 0.2) is 43.0 Å². The first-order chi connectivity index (χ1) is 17.6. The van der Waals surface area contributed by atoms with Crippen molar-refractivity contribution in [3.63, 3.8) is 0 Å². The second-order valence-electron chi connectivity index (χ2n) is 8.79. The fourth-order valence-corrected chi connectivity index (χ4v) is 4.14. The normalized spacial score (nSPS) is 16.9. The number of nitrogens with zero attached hydrogens (tertiary/aromatic N) is 8. The highest BCUT2D eigenvalue weighted by Crippen LogP contribution is 2.24. The summed E-state index contributed by atoms with van der Waals surface area (Å²) in [5.41, 5.74) is 2.01. The average molecular weight is 491 g/mol. The van der Waals surface area contributed by atoms with E-state index in [9.17, 15) is 4.79 Å². The summed E-state index contributed by atoms with van der Waals surface area (Å²) < 4.78 is 5.52. The van der Waals surface area contributed by atoms with Crippen LogP contribution in [0.5, 0.6) is 0 Å². The van der Waals surface area contributed by atoms with Gasteiger partial charge in [-0.25, -0.2) is 14.8 Å². The van der Waals surface area contributed by atoms with Gasteiger partial charge in [0.1, 0.15) is 6.33 Å². The monoisotopic (exact) mass is 490 g/mol. The highest BCUT2D eigenvalue weighted by molar-refractivity contribution is 5.99. The van der Waals surface area contributed by atoms with E-state index >= 15 is 0 Å². The van der Waals surface area contributed by atoms with Crippen molar-refractivity contribution < 1.29 is 9.53 Å². The van der Waals surface area contributed by atoms with Crippen molar-refractivity contribution in [3.05, 3.63) is 43.0 Å². The Morgan fingerprint density at radius 1 is 0.806 bits per heavy atom. The molecule has 2 aromatic heterocycles. The summed E-state index contributed by atoms with van der Waals surface area (Å²) in [6.45, 7) is 6.60. The van der Waals surface area contributed by atoms with Crippen molar-refractivity contribution in [3.8, 4) is 11.4 Å². The predicted molar refractivity (Wildman–Crippen MR) is 137 cm³/mol. The topological polar surface area (TPSA) is 125 Å². The van der Waals surface area contributed by atoms with Crippen LogP contribution in [0.1, 0.15) is 6.42 Å². The van der Waals surface area contributed by atoms with Crippen molar-refractivity contribution in [2.24, 2.45) is 0 Å². The molecule has 36 heavy (non-hydrogen) atoms. The molecule has 2 aliphatic rings. The Labute approximate surface area is 209 Å². The molecule has 12 nitrogen and oxygen atoms in total. The van der Waals surface area contributed by atoms with Gasteiger partial charge in [-0.15, -0.1) is 0 Å². The summed E-state index contributed by atoms with van der Waals surface area (Å²) in [5.74, 6) is 1.97. The molecular weight excluding hydrogens is 460 g/mol. The van der Waals surface area contributed by atoms with E-state index in [1.54, 1.807) is 0 Å². The van der Waals surface area contributed by atoms with Gasteiger partial charge in [0.2, 0.25) is 11.9 Å². The minimum Gasteiger partial charge on any atom is -0.378 e. The molecule has 5 rings (SSSR count). The van der Waals surface area contributed by atoms with Crippen LogP contribution in [0.25, 0.3) is 11.4 Å². The summed E-state index contributed by atoms with van der Waals surface area (Å²) in [6, 6.07) is 7.09. The van der Waals surface area contributed by atoms with E-state index in [1.807, 2.05) is 24.3 Å². The number of urea groups is 1. The number of ether oxygens (including phenoxy) is 1. The Bertz CT molecular complexity index is 1160. The van der Waals surface area contributed by atoms with Gasteiger partial charge in [0.15, 0.2) is 5.82 Å². The van der Waals surface area contributed by atoms with Crippen molar-refractivity contribution in [1.29, 1.82) is 0 Å². The molecule has 0 saturated carbocycles. The van der Waals surface area contributed by atoms with Crippen LogP contribution < -0.4 is 20.4 Å². The maximum absolute atomic E-state index is 12.3.